The van der Waals surface area contributed by atoms with Crippen LogP contribution in [0, 0.1) is 10.8 Å². The van der Waals surface area contributed by atoms with Crippen molar-refractivity contribution in [3.63, 3.8) is 0 Å². The topological polar surface area (TPSA) is 52.6 Å². The van der Waals surface area contributed by atoms with E-state index in [2.05, 4.69) is 6.58 Å². The molecule has 146 valence electrons. The summed E-state index contributed by atoms with van der Waals surface area (Å²) in [5.41, 5.74) is 0.287. The zero-order chi connectivity index (χ0) is 20.2. The molecule has 26 heavy (non-hydrogen) atoms. The number of hydrogen-bond donors (Lipinski definition) is 0. The van der Waals surface area contributed by atoms with E-state index in [1.165, 1.54) is 0 Å². The predicted octanol–water partition coefficient (Wildman–Crippen LogP) is 5.32. The smallest absolute Gasteiger partial charge is 0.311 e. The highest BCUT2D eigenvalue weighted by atomic mass is 16.5. The lowest BCUT2D eigenvalue weighted by molar-refractivity contribution is -0.155. The second kappa shape index (κ2) is 11.5. The van der Waals surface area contributed by atoms with E-state index in [0.29, 0.717) is 13.2 Å². The van der Waals surface area contributed by atoms with Crippen molar-refractivity contribution in [1.29, 1.82) is 0 Å². The maximum atomic E-state index is 11.6. The summed E-state index contributed by atoms with van der Waals surface area (Å²) in [5.74, 6) is -0.284. The van der Waals surface area contributed by atoms with Crippen LogP contribution in [0.25, 0.3) is 0 Å². The van der Waals surface area contributed by atoms with Crippen LogP contribution in [0.1, 0.15) is 59.9 Å². The summed E-state index contributed by atoms with van der Waals surface area (Å²) in [6.45, 7) is 15.6. The molecule has 0 atom stereocenters. The van der Waals surface area contributed by atoms with E-state index in [9.17, 15) is 9.59 Å². The van der Waals surface area contributed by atoms with Crippen LogP contribution in [0.2, 0.25) is 0 Å². The molecule has 0 unspecified atom stereocenters. The second-order valence-electron chi connectivity index (χ2n) is 7.42. The van der Waals surface area contributed by atoms with Crippen LogP contribution in [-0.2, 0) is 25.7 Å². The quantitative estimate of drug-likeness (QED) is 0.464. The molecule has 1 aromatic rings. The summed E-state index contributed by atoms with van der Waals surface area (Å²) in [6, 6.07) is 9.72. The Morgan fingerprint density at radius 1 is 0.923 bits per heavy atom. The molecule has 0 fully saturated rings. The minimum atomic E-state index is -0.380. The predicted molar refractivity (Wildman–Crippen MR) is 106 cm³/mol. The van der Waals surface area contributed by atoms with Crippen LogP contribution >= 0.6 is 0 Å². The molecule has 0 aliphatic rings. The lowest BCUT2D eigenvalue weighted by Gasteiger charge is -2.20. The Hall–Kier alpha value is -2.10. The van der Waals surface area contributed by atoms with Crippen molar-refractivity contribution in [3.8, 4) is 0 Å². The normalized spacial score (nSPS) is 11.0. The number of rotatable bonds is 8. The Balaban J connectivity index is 0.000000508. The molecule has 0 amide bonds. The average Bonchev–Trinajstić information content (AvgIpc) is 2.65. The van der Waals surface area contributed by atoms with Gasteiger partial charge in [-0.15, -0.1) is 0 Å². The average molecular weight is 363 g/mol. The van der Waals surface area contributed by atoms with Crippen molar-refractivity contribution in [2.45, 2.75) is 61.0 Å². The molecule has 0 saturated heterocycles. The molecule has 0 spiro atoms. The largest absolute Gasteiger partial charge is 0.461 e. The Morgan fingerprint density at radius 2 is 1.38 bits per heavy atom. The molecule has 0 aliphatic carbocycles. The number of benzene rings is 1. The third kappa shape index (κ3) is 8.84. The van der Waals surface area contributed by atoms with E-state index in [0.717, 1.165) is 18.4 Å². The fraction of sp³-hybridized carbons (Fsp3) is 0.545. The van der Waals surface area contributed by atoms with E-state index >= 15 is 0 Å². The van der Waals surface area contributed by atoms with Crippen LogP contribution in [0.15, 0.2) is 43.0 Å². The first-order chi connectivity index (χ1) is 12.1. The minimum absolute atomic E-state index is 0.131. The highest BCUT2D eigenvalue weighted by Gasteiger charge is 2.27. The molecule has 1 aromatic carbocycles. The summed E-state index contributed by atoms with van der Waals surface area (Å²) in [4.78, 5) is 22.8. The SMILES string of the molecule is C=CCOC(=O)C(C)(C)CC.CCC(C)(C)C(=O)OCc1ccccc1. The van der Waals surface area contributed by atoms with Crippen LogP contribution in [0.5, 0.6) is 0 Å². The van der Waals surface area contributed by atoms with Crippen molar-refractivity contribution < 1.29 is 19.1 Å². The van der Waals surface area contributed by atoms with E-state index in [4.69, 9.17) is 9.47 Å². The number of carbonyl (C=O) groups is 2. The molecule has 4 nitrogen and oxygen atoms in total. The Labute approximate surface area is 158 Å². The zero-order valence-corrected chi connectivity index (χ0v) is 17.1. The van der Waals surface area contributed by atoms with Gasteiger partial charge in [0.1, 0.15) is 13.2 Å². The number of esters is 2. The van der Waals surface area contributed by atoms with Gasteiger partial charge in [-0.1, -0.05) is 56.8 Å². The highest BCUT2D eigenvalue weighted by molar-refractivity contribution is 5.76. The number of carbonyl (C=O) groups excluding carboxylic acids is 2. The fourth-order valence-corrected chi connectivity index (χ4v) is 1.54. The Morgan fingerprint density at radius 3 is 1.81 bits per heavy atom. The van der Waals surface area contributed by atoms with E-state index in [-0.39, 0.29) is 22.8 Å². The summed E-state index contributed by atoms with van der Waals surface area (Å²) < 4.78 is 10.1. The molecule has 0 bridgehead atoms. The van der Waals surface area contributed by atoms with Crippen molar-refractivity contribution >= 4 is 11.9 Å². The van der Waals surface area contributed by atoms with Gasteiger partial charge in [-0.2, -0.15) is 0 Å². The first-order valence-corrected chi connectivity index (χ1v) is 9.10. The van der Waals surface area contributed by atoms with Gasteiger partial charge < -0.3 is 9.47 Å². The monoisotopic (exact) mass is 362 g/mol. The highest BCUT2D eigenvalue weighted by Crippen LogP contribution is 2.22. The van der Waals surface area contributed by atoms with E-state index in [1.807, 2.05) is 71.9 Å². The molecule has 0 saturated carbocycles. The van der Waals surface area contributed by atoms with Crippen molar-refractivity contribution in [1.82, 2.24) is 0 Å². The fourth-order valence-electron chi connectivity index (χ4n) is 1.54. The van der Waals surface area contributed by atoms with Gasteiger partial charge in [-0.05, 0) is 46.1 Å². The Bertz CT molecular complexity index is 559. The zero-order valence-electron chi connectivity index (χ0n) is 17.1. The molecule has 4 heteroatoms. The van der Waals surface area contributed by atoms with Crippen molar-refractivity contribution in [2.24, 2.45) is 10.8 Å². The van der Waals surface area contributed by atoms with Crippen LogP contribution in [-0.4, -0.2) is 18.5 Å². The summed E-state index contributed by atoms with van der Waals surface area (Å²) >= 11 is 0. The second-order valence-corrected chi connectivity index (χ2v) is 7.42. The van der Waals surface area contributed by atoms with Gasteiger partial charge in [0.2, 0.25) is 0 Å². The summed E-state index contributed by atoms with van der Waals surface area (Å²) in [5, 5.41) is 0. The molecule has 1 rings (SSSR count). The maximum absolute atomic E-state index is 11.6. The van der Waals surface area contributed by atoms with Crippen LogP contribution < -0.4 is 0 Å². The standard InChI is InChI=1S/C13H18O2.C9H16O2/c1-4-13(2,3)12(14)15-10-11-8-6-5-7-9-11;1-5-7-11-8(10)9(3,4)6-2/h5-9H,4,10H2,1-3H3;5H,1,6-7H2,2-4H3. The van der Waals surface area contributed by atoms with Crippen molar-refractivity contribution in [2.75, 3.05) is 6.61 Å². The van der Waals surface area contributed by atoms with Gasteiger partial charge in [0.15, 0.2) is 0 Å². The maximum Gasteiger partial charge on any atom is 0.311 e. The van der Waals surface area contributed by atoms with E-state index < -0.39 is 0 Å². The third-order valence-corrected chi connectivity index (χ3v) is 4.42. The van der Waals surface area contributed by atoms with Gasteiger partial charge in [-0.3, -0.25) is 9.59 Å². The van der Waals surface area contributed by atoms with Gasteiger partial charge in [0.25, 0.3) is 0 Å². The van der Waals surface area contributed by atoms with E-state index in [1.54, 1.807) is 6.08 Å². The number of hydrogen-bond acceptors (Lipinski definition) is 4. The van der Waals surface area contributed by atoms with Crippen LogP contribution in [0.3, 0.4) is 0 Å². The molecule has 0 aliphatic heterocycles. The molecule has 0 heterocycles. The lowest BCUT2D eigenvalue weighted by Crippen LogP contribution is -2.25. The molecule has 0 radical (unpaired) electrons. The first kappa shape index (κ1) is 23.9. The van der Waals surface area contributed by atoms with Gasteiger partial charge in [0.05, 0.1) is 10.8 Å². The van der Waals surface area contributed by atoms with Gasteiger partial charge >= 0.3 is 11.9 Å². The van der Waals surface area contributed by atoms with Crippen LogP contribution in [0.4, 0.5) is 0 Å². The van der Waals surface area contributed by atoms with Gasteiger partial charge in [-0.25, -0.2) is 0 Å². The molecule has 0 aromatic heterocycles. The van der Waals surface area contributed by atoms with Gasteiger partial charge in [0, 0.05) is 0 Å². The third-order valence-electron chi connectivity index (χ3n) is 4.42. The number of ether oxygens (including phenoxy) is 2. The van der Waals surface area contributed by atoms with Crippen molar-refractivity contribution in [3.05, 3.63) is 48.6 Å². The molecule has 0 N–H and O–H groups in total. The minimum Gasteiger partial charge on any atom is -0.461 e. The summed E-state index contributed by atoms with van der Waals surface area (Å²) in [6.07, 6.45) is 3.16. The summed E-state index contributed by atoms with van der Waals surface area (Å²) in [7, 11) is 0. The lowest BCUT2D eigenvalue weighted by atomic mass is 9.91. The first-order valence-electron chi connectivity index (χ1n) is 9.10. The molecular formula is C22H34O4. The Kier molecular flexibility index (Phi) is 10.6. The molecular weight excluding hydrogens is 328 g/mol.